The summed E-state index contributed by atoms with van der Waals surface area (Å²) in [5, 5.41) is 0.420. The molecule has 0 saturated carbocycles. The summed E-state index contributed by atoms with van der Waals surface area (Å²) in [5.41, 5.74) is 1.62. The van der Waals surface area contributed by atoms with E-state index < -0.39 is 12.3 Å². The molecule has 0 fully saturated rings. The molecule has 0 radical (unpaired) electrons. The second kappa shape index (κ2) is 8.75. The third kappa shape index (κ3) is 5.54. The van der Waals surface area contributed by atoms with Gasteiger partial charge in [-0.05, 0) is 35.4 Å². The lowest BCUT2D eigenvalue weighted by atomic mass is 10.1. The van der Waals surface area contributed by atoms with E-state index in [-0.39, 0.29) is 0 Å². The molecule has 0 aliphatic rings. The number of carbonyl (C=O) groups is 2. The quantitative estimate of drug-likeness (QED) is 0.442. The first-order valence-corrected chi connectivity index (χ1v) is 7.49. The molecule has 0 unspecified atom stereocenters. The highest BCUT2D eigenvalue weighted by Gasteiger charge is 2.06. The topological polar surface area (TPSA) is 71.1 Å². The van der Waals surface area contributed by atoms with Crippen LogP contribution in [0, 0.1) is 0 Å². The Kier molecular flexibility index (Phi) is 6.42. The molecule has 0 atom stereocenters. The van der Waals surface area contributed by atoms with Crippen LogP contribution in [-0.2, 0) is 9.47 Å². The fourth-order valence-electron chi connectivity index (χ4n) is 1.82. The zero-order valence-corrected chi connectivity index (χ0v) is 14.3. The molecular formula is C18H15ClO6. The molecule has 0 bridgehead atoms. The van der Waals surface area contributed by atoms with E-state index in [1.54, 1.807) is 42.5 Å². The first-order chi connectivity index (χ1) is 12.0. The van der Waals surface area contributed by atoms with Crippen LogP contribution in [0.5, 0.6) is 11.5 Å². The lowest BCUT2D eigenvalue weighted by molar-refractivity contribution is 0.120. The number of hydrogen-bond donors (Lipinski definition) is 0. The van der Waals surface area contributed by atoms with E-state index >= 15 is 0 Å². The second-order valence-corrected chi connectivity index (χ2v) is 5.11. The van der Waals surface area contributed by atoms with Gasteiger partial charge in [-0.3, -0.25) is 0 Å². The van der Waals surface area contributed by atoms with Crippen molar-refractivity contribution in [1.29, 1.82) is 0 Å². The van der Waals surface area contributed by atoms with Gasteiger partial charge in [-0.1, -0.05) is 35.9 Å². The Labute approximate surface area is 149 Å². The van der Waals surface area contributed by atoms with Crippen molar-refractivity contribution in [3.8, 4) is 11.5 Å². The summed E-state index contributed by atoms with van der Waals surface area (Å²) in [4.78, 5) is 22.1. The summed E-state index contributed by atoms with van der Waals surface area (Å²) in [6.07, 6.45) is 2.06. The van der Waals surface area contributed by atoms with E-state index in [9.17, 15) is 9.59 Å². The Hall–Kier alpha value is -2.99. The maximum Gasteiger partial charge on any atom is 0.513 e. The fraction of sp³-hybridized carbons (Fsp3) is 0.111. The number of halogens is 1. The molecule has 130 valence electrons. The summed E-state index contributed by atoms with van der Waals surface area (Å²) in [6, 6.07) is 11.7. The van der Waals surface area contributed by atoms with Crippen LogP contribution < -0.4 is 9.47 Å². The van der Waals surface area contributed by atoms with Crippen molar-refractivity contribution in [2.75, 3.05) is 14.2 Å². The maximum atomic E-state index is 11.1. The highest BCUT2D eigenvalue weighted by Crippen LogP contribution is 2.25. The zero-order chi connectivity index (χ0) is 18.2. The molecule has 0 spiro atoms. The summed E-state index contributed by atoms with van der Waals surface area (Å²) in [6.45, 7) is 0. The predicted octanol–water partition coefficient (Wildman–Crippen LogP) is 4.80. The van der Waals surface area contributed by atoms with Crippen molar-refractivity contribution in [1.82, 2.24) is 0 Å². The van der Waals surface area contributed by atoms with Crippen molar-refractivity contribution >= 4 is 36.1 Å². The third-order valence-electron chi connectivity index (χ3n) is 3.04. The van der Waals surface area contributed by atoms with Crippen LogP contribution in [-0.4, -0.2) is 26.5 Å². The summed E-state index contributed by atoms with van der Waals surface area (Å²) in [5.74, 6) is 0.671. The van der Waals surface area contributed by atoms with Gasteiger partial charge in [0.25, 0.3) is 0 Å². The number of methoxy groups -OCH3 is 2. The van der Waals surface area contributed by atoms with Gasteiger partial charge in [0.05, 0.1) is 19.2 Å². The molecule has 0 aliphatic carbocycles. The van der Waals surface area contributed by atoms with Crippen molar-refractivity contribution in [2.45, 2.75) is 0 Å². The average Bonchev–Trinajstić information content (AvgIpc) is 2.62. The maximum absolute atomic E-state index is 11.1. The van der Waals surface area contributed by atoms with Crippen LogP contribution in [0.1, 0.15) is 11.1 Å². The Morgan fingerprint density at radius 3 is 1.96 bits per heavy atom. The first-order valence-electron chi connectivity index (χ1n) is 7.11. The molecule has 0 aromatic heterocycles. The van der Waals surface area contributed by atoms with E-state index in [0.29, 0.717) is 16.5 Å². The van der Waals surface area contributed by atoms with Gasteiger partial charge in [-0.15, -0.1) is 0 Å². The zero-order valence-electron chi connectivity index (χ0n) is 13.5. The smallest absolute Gasteiger partial charge is 0.437 e. The van der Waals surface area contributed by atoms with Crippen LogP contribution in [0.3, 0.4) is 0 Å². The molecule has 0 heterocycles. The molecule has 2 rings (SSSR count). The van der Waals surface area contributed by atoms with Gasteiger partial charge in [0.15, 0.2) is 0 Å². The molecule has 0 amide bonds. The van der Waals surface area contributed by atoms with Gasteiger partial charge in [0.2, 0.25) is 0 Å². The molecule has 2 aromatic rings. The van der Waals surface area contributed by atoms with E-state index in [2.05, 4.69) is 9.47 Å². The van der Waals surface area contributed by atoms with Gasteiger partial charge in [0.1, 0.15) is 11.5 Å². The number of carbonyl (C=O) groups excluding carboxylic acids is 2. The highest BCUT2D eigenvalue weighted by atomic mass is 35.5. The largest absolute Gasteiger partial charge is 0.513 e. The van der Waals surface area contributed by atoms with Gasteiger partial charge in [-0.25, -0.2) is 9.59 Å². The number of rotatable bonds is 4. The Bertz CT molecular complexity index is 783. The Morgan fingerprint density at radius 2 is 1.40 bits per heavy atom. The van der Waals surface area contributed by atoms with Gasteiger partial charge < -0.3 is 18.9 Å². The van der Waals surface area contributed by atoms with Crippen molar-refractivity contribution in [2.24, 2.45) is 0 Å². The Balaban J connectivity index is 2.06. The van der Waals surface area contributed by atoms with Gasteiger partial charge in [-0.2, -0.15) is 0 Å². The Morgan fingerprint density at radius 1 is 0.840 bits per heavy atom. The molecule has 0 N–H and O–H groups in total. The van der Waals surface area contributed by atoms with Crippen LogP contribution in [0.4, 0.5) is 9.59 Å². The fourth-order valence-corrected chi connectivity index (χ4v) is 2.05. The van der Waals surface area contributed by atoms with Crippen LogP contribution in [0.2, 0.25) is 5.02 Å². The number of ether oxygens (including phenoxy) is 4. The van der Waals surface area contributed by atoms with Gasteiger partial charge >= 0.3 is 12.3 Å². The summed E-state index contributed by atoms with van der Waals surface area (Å²) in [7, 11) is 2.47. The highest BCUT2D eigenvalue weighted by molar-refractivity contribution is 6.32. The lowest BCUT2D eigenvalue weighted by Crippen LogP contribution is -2.07. The van der Waals surface area contributed by atoms with Crippen LogP contribution in [0.25, 0.3) is 12.2 Å². The minimum absolute atomic E-state index is 0.290. The van der Waals surface area contributed by atoms with Crippen molar-refractivity contribution in [3.05, 3.63) is 58.6 Å². The molecule has 7 heteroatoms. The van der Waals surface area contributed by atoms with Gasteiger partial charge in [0, 0.05) is 6.07 Å². The normalized spacial score (nSPS) is 10.4. The van der Waals surface area contributed by atoms with E-state index in [1.165, 1.54) is 20.3 Å². The SMILES string of the molecule is COC(=O)Oc1ccc(/C=C\c2ccc(OC(=O)OC)cc2Cl)cc1. The van der Waals surface area contributed by atoms with Crippen molar-refractivity contribution < 1.29 is 28.5 Å². The minimum atomic E-state index is -0.811. The molecule has 2 aromatic carbocycles. The minimum Gasteiger partial charge on any atom is -0.437 e. The number of benzene rings is 2. The number of hydrogen-bond acceptors (Lipinski definition) is 6. The van der Waals surface area contributed by atoms with E-state index in [1.807, 2.05) is 6.08 Å². The summed E-state index contributed by atoms with van der Waals surface area (Å²) < 4.78 is 18.6. The average molecular weight is 363 g/mol. The van der Waals surface area contributed by atoms with E-state index in [0.717, 1.165) is 11.1 Å². The molecule has 25 heavy (non-hydrogen) atoms. The van der Waals surface area contributed by atoms with Crippen LogP contribution >= 0.6 is 11.6 Å². The molecule has 0 aliphatic heterocycles. The van der Waals surface area contributed by atoms with Crippen LogP contribution in [0.15, 0.2) is 42.5 Å². The third-order valence-corrected chi connectivity index (χ3v) is 3.37. The predicted molar refractivity (Wildman–Crippen MR) is 92.9 cm³/mol. The standard InChI is InChI=1S/C18H15ClO6/c1-22-17(20)24-14-8-4-12(5-9-14)3-6-13-7-10-15(11-16(13)19)25-18(21)23-2/h3-11H,1-2H3/b6-3-. The molecule has 6 nitrogen and oxygen atoms in total. The molecular weight excluding hydrogens is 348 g/mol. The second-order valence-electron chi connectivity index (χ2n) is 4.70. The molecule has 0 saturated heterocycles. The van der Waals surface area contributed by atoms with E-state index in [4.69, 9.17) is 21.1 Å². The summed E-state index contributed by atoms with van der Waals surface area (Å²) >= 11 is 6.17. The monoisotopic (exact) mass is 362 g/mol. The lowest BCUT2D eigenvalue weighted by Gasteiger charge is -2.05. The van der Waals surface area contributed by atoms with Crippen molar-refractivity contribution in [3.63, 3.8) is 0 Å². The first kappa shape index (κ1) is 18.4.